The maximum absolute atomic E-state index is 12.8. The molecule has 3 aliphatic carbocycles. The van der Waals surface area contributed by atoms with E-state index in [1.54, 1.807) is 12.1 Å². The highest BCUT2D eigenvalue weighted by Gasteiger charge is 2.68. The first-order valence-corrected chi connectivity index (χ1v) is 10.9. The molecule has 6 rings (SSSR count). The summed E-state index contributed by atoms with van der Waals surface area (Å²) in [7, 11) is 0. The van der Waals surface area contributed by atoms with Gasteiger partial charge in [0.2, 0.25) is 5.88 Å². The van der Waals surface area contributed by atoms with Gasteiger partial charge in [-0.2, -0.15) is 0 Å². The standard InChI is InChI=1S/C23H18ClF3N2O5/c24-13-2-3-17-14(5-13)15(30)6-18(33-17)20(32)29-22-9-21(10-22,11-22)7-16(31)12-1-4-19(28-8-12)34-23(25,26)27/h1-5,8,18H,6-7,9-11H2,(H,29,32)/t18-,21?,22?/m1/s1. The van der Waals surface area contributed by atoms with Gasteiger partial charge in [-0.15, -0.1) is 13.2 Å². The number of alkyl halides is 3. The lowest BCUT2D eigenvalue weighted by molar-refractivity contribution is -0.276. The number of carbonyl (C=O) groups excluding carboxylic acids is 3. The van der Waals surface area contributed by atoms with Gasteiger partial charge >= 0.3 is 6.36 Å². The molecule has 2 aromatic rings. The van der Waals surface area contributed by atoms with Crippen molar-refractivity contribution in [3.8, 4) is 11.6 Å². The Kier molecular flexibility index (Phi) is 5.12. The topological polar surface area (TPSA) is 94.6 Å². The highest BCUT2D eigenvalue weighted by atomic mass is 35.5. The van der Waals surface area contributed by atoms with Crippen LogP contribution in [0.4, 0.5) is 13.2 Å². The lowest BCUT2D eigenvalue weighted by Crippen LogP contribution is -2.75. The molecule has 2 bridgehead atoms. The quantitative estimate of drug-likeness (QED) is 0.602. The average Bonchev–Trinajstić information content (AvgIpc) is 2.70. The molecule has 0 spiro atoms. The Morgan fingerprint density at radius 2 is 1.94 bits per heavy atom. The summed E-state index contributed by atoms with van der Waals surface area (Å²) in [5.41, 5.74) is -0.123. The van der Waals surface area contributed by atoms with Crippen molar-refractivity contribution in [2.45, 2.75) is 50.1 Å². The first-order chi connectivity index (χ1) is 15.9. The molecule has 0 unspecified atom stereocenters. The zero-order chi connectivity index (χ0) is 24.3. The van der Waals surface area contributed by atoms with Gasteiger partial charge in [-0.1, -0.05) is 11.6 Å². The van der Waals surface area contributed by atoms with Crippen LogP contribution < -0.4 is 14.8 Å². The van der Waals surface area contributed by atoms with Gasteiger partial charge in [0.05, 0.1) is 12.0 Å². The number of aromatic nitrogens is 1. The van der Waals surface area contributed by atoms with E-state index < -0.39 is 23.9 Å². The van der Waals surface area contributed by atoms with Crippen molar-refractivity contribution in [3.05, 3.63) is 52.7 Å². The Morgan fingerprint density at radius 1 is 1.21 bits per heavy atom. The van der Waals surface area contributed by atoms with E-state index in [-0.39, 0.29) is 41.3 Å². The molecular formula is C23H18ClF3N2O5. The van der Waals surface area contributed by atoms with E-state index in [0.717, 1.165) is 12.3 Å². The van der Waals surface area contributed by atoms with E-state index in [0.29, 0.717) is 35.6 Å². The van der Waals surface area contributed by atoms with Crippen molar-refractivity contribution >= 4 is 29.1 Å². The zero-order valence-electron chi connectivity index (χ0n) is 17.6. The number of nitrogens with one attached hydrogen (secondary N) is 1. The van der Waals surface area contributed by atoms with Gasteiger partial charge in [0.25, 0.3) is 5.91 Å². The molecule has 7 nitrogen and oxygen atoms in total. The monoisotopic (exact) mass is 494 g/mol. The smallest absolute Gasteiger partial charge is 0.479 e. The van der Waals surface area contributed by atoms with Crippen LogP contribution in [0.3, 0.4) is 0 Å². The Morgan fingerprint density at radius 3 is 2.59 bits per heavy atom. The molecule has 1 aliphatic heterocycles. The Hall–Kier alpha value is -3.14. The third-order valence-electron chi connectivity index (χ3n) is 6.52. The number of benzene rings is 1. The summed E-state index contributed by atoms with van der Waals surface area (Å²) < 4.78 is 46.1. The van der Waals surface area contributed by atoms with Crippen LogP contribution in [0.5, 0.6) is 11.6 Å². The van der Waals surface area contributed by atoms with Crippen LogP contribution in [-0.2, 0) is 4.79 Å². The fourth-order valence-corrected chi connectivity index (χ4v) is 5.44. The number of nitrogens with zero attached hydrogens (tertiary/aromatic N) is 1. The lowest BCUT2D eigenvalue weighted by Gasteiger charge is -2.70. The van der Waals surface area contributed by atoms with Crippen LogP contribution in [0.15, 0.2) is 36.5 Å². The number of halogens is 4. The number of hydrogen-bond donors (Lipinski definition) is 1. The van der Waals surface area contributed by atoms with Gasteiger partial charge in [0.15, 0.2) is 17.7 Å². The SMILES string of the molecule is O=C(CC12CC(NC(=O)[C@H]3CC(=O)c4cc(Cl)ccc4O3)(C1)C2)c1ccc(OC(F)(F)F)nc1. The van der Waals surface area contributed by atoms with E-state index >= 15 is 0 Å². The molecule has 1 aromatic carbocycles. The third kappa shape index (κ3) is 4.22. The fraction of sp³-hybridized carbons (Fsp3) is 0.391. The summed E-state index contributed by atoms with van der Waals surface area (Å²) in [4.78, 5) is 41.2. The van der Waals surface area contributed by atoms with Crippen molar-refractivity contribution in [2.75, 3.05) is 0 Å². The first kappa shape index (κ1) is 22.6. The molecule has 34 heavy (non-hydrogen) atoms. The molecule has 3 fully saturated rings. The summed E-state index contributed by atoms with van der Waals surface area (Å²) in [6, 6.07) is 6.92. The van der Waals surface area contributed by atoms with Crippen molar-refractivity contribution in [3.63, 3.8) is 0 Å². The molecule has 2 heterocycles. The minimum absolute atomic E-state index is 0.0834. The molecule has 11 heteroatoms. The summed E-state index contributed by atoms with van der Waals surface area (Å²) in [5.74, 6) is -1.14. The van der Waals surface area contributed by atoms with Gasteiger partial charge < -0.3 is 14.8 Å². The van der Waals surface area contributed by atoms with Crippen LogP contribution in [0.1, 0.15) is 52.8 Å². The third-order valence-corrected chi connectivity index (χ3v) is 6.75. The summed E-state index contributed by atoms with van der Waals surface area (Å²) >= 11 is 5.92. The van der Waals surface area contributed by atoms with Crippen molar-refractivity contribution < 1.29 is 37.0 Å². The van der Waals surface area contributed by atoms with Gasteiger partial charge in [-0.05, 0) is 48.9 Å². The molecule has 1 atom stereocenters. The van der Waals surface area contributed by atoms with E-state index in [1.165, 1.54) is 12.1 Å². The van der Waals surface area contributed by atoms with E-state index in [1.807, 2.05) is 0 Å². The molecule has 178 valence electrons. The van der Waals surface area contributed by atoms with Gasteiger partial charge in [-0.3, -0.25) is 14.4 Å². The minimum atomic E-state index is -4.85. The van der Waals surface area contributed by atoms with Gasteiger partial charge in [0, 0.05) is 34.8 Å². The molecule has 1 amide bonds. The van der Waals surface area contributed by atoms with Crippen LogP contribution >= 0.6 is 11.6 Å². The van der Waals surface area contributed by atoms with Crippen LogP contribution in [-0.4, -0.2) is 40.5 Å². The van der Waals surface area contributed by atoms with Gasteiger partial charge in [-0.25, -0.2) is 4.98 Å². The number of rotatable bonds is 6. The summed E-state index contributed by atoms with van der Waals surface area (Å²) in [5, 5.41) is 3.38. The Labute approximate surface area is 196 Å². The highest BCUT2D eigenvalue weighted by Crippen LogP contribution is 2.69. The number of Topliss-reactive ketones (excluding diaryl/α,β-unsaturated/α-hetero) is 2. The van der Waals surface area contributed by atoms with E-state index in [4.69, 9.17) is 16.3 Å². The number of ether oxygens (including phenoxy) is 2. The second-order valence-electron chi connectivity index (χ2n) is 9.21. The van der Waals surface area contributed by atoms with Crippen LogP contribution in [0.25, 0.3) is 0 Å². The molecule has 0 radical (unpaired) electrons. The fourth-order valence-electron chi connectivity index (χ4n) is 5.27. The number of amides is 1. The maximum Gasteiger partial charge on any atom is 0.574 e. The predicted octanol–water partition coefficient (Wildman–Crippen LogP) is 4.28. The maximum atomic E-state index is 12.8. The minimum Gasteiger partial charge on any atom is -0.479 e. The van der Waals surface area contributed by atoms with Crippen molar-refractivity contribution in [1.82, 2.24) is 10.3 Å². The van der Waals surface area contributed by atoms with Crippen LogP contribution in [0.2, 0.25) is 5.02 Å². The average molecular weight is 495 g/mol. The molecule has 4 aliphatic rings. The second kappa shape index (κ2) is 7.69. The number of carbonyl (C=O) groups is 3. The van der Waals surface area contributed by atoms with Crippen molar-refractivity contribution in [1.29, 1.82) is 0 Å². The number of fused-ring (bicyclic) bond motifs is 1. The van der Waals surface area contributed by atoms with E-state index in [2.05, 4.69) is 15.0 Å². The van der Waals surface area contributed by atoms with E-state index in [9.17, 15) is 27.6 Å². The molecule has 1 aromatic heterocycles. The summed E-state index contributed by atoms with van der Waals surface area (Å²) in [6.07, 6.45) is -2.78. The normalized spacial score (nSPS) is 26.9. The number of pyridine rings is 1. The second-order valence-corrected chi connectivity index (χ2v) is 9.64. The van der Waals surface area contributed by atoms with Crippen molar-refractivity contribution in [2.24, 2.45) is 5.41 Å². The number of ketones is 2. The molecule has 3 saturated carbocycles. The Bertz CT molecular complexity index is 1180. The zero-order valence-corrected chi connectivity index (χ0v) is 18.3. The Balaban J connectivity index is 1.14. The lowest BCUT2D eigenvalue weighted by atomic mass is 9.38. The number of hydrogen-bond acceptors (Lipinski definition) is 6. The summed E-state index contributed by atoms with van der Waals surface area (Å²) in [6.45, 7) is 0. The van der Waals surface area contributed by atoms with Crippen LogP contribution in [0, 0.1) is 5.41 Å². The molecular weight excluding hydrogens is 477 g/mol. The molecule has 0 saturated heterocycles. The highest BCUT2D eigenvalue weighted by molar-refractivity contribution is 6.31. The molecule has 1 N–H and O–H groups in total. The van der Waals surface area contributed by atoms with Gasteiger partial charge in [0.1, 0.15) is 5.75 Å². The predicted molar refractivity (Wildman–Crippen MR) is 112 cm³/mol. The largest absolute Gasteiger partial charge is 0.574 e. The first-order valence-electron chi connectivity index (χ1n) is 10.5.